The van der Waals surface area contributed by atoms with Gasteiger partial charge in [0, 0.05) is 17.3 Å². The number of halogens is 1. The molecule has 3 amide bonds. The van der Waals surface area contributed by atoms with Gasteiger partial charge in [-0.3, -0.25) is 14.4 Å². The largest absolute Gasteiger partial charge is 0.350 e. The van der Waals surface area contributed by atoms with E-state index in [0.717, 1.165) is 36.1 Å². The van der Waals surface area contributed by atoms with Crippen LogP contribution < -0.4 is 15.5 Å². The van der Waals surface area contributed by atoms with Crippen LogP contribution in [-0.4, -0.2) is 23.8 Å². The zero-order chi connectivity index (χ0) is 22.8. The molecule has 32 heavy (non-hydrogen) atoms. The lowest BCUT2D eigenvalue weighted by Gasteiger charge is -2.16. The summed E-state index contributed by atoms with van der Waals surface area (Å²) >= 11 is 6.24. The van der Waals surface area contributed by atoms with Crippen molar-refractivity contribution >= 4 is 40.7 Å². The highest BCUT2D eigenvalue weighted by atomic mass is 35.5. The predicted octanol–water partition coefficient (Wildman–Crippen LogP) is 4.92. The molecule has 0 bridgehead atoms. The predicted molar refractivity (Wildman–Crippen MR) is 126 cm³/mol. The lowest BCUT2D eigenvalue weighted by Crippen LogP contribution is -2.32. The van der Waals surface area contributed by atoms with Crippen molar-refractivity contribution in [3.8, 4) is 0 Å². The third-order valence-electron chi connectivity index (χ3n) is 5.93. The first kappa shape index (κ1) is 22.1. The van der Waals surface area contributed by atoms with E-state index in [1.807, 2.05) is 12.1 Å². The van der Waals surface area contributed by atoms with E-state index >= 15 is 0 Å². The second-order valence-electron chi connectivity index (χ2n) is 8.54. The van der Waals surface area contributed by atoms with E-state index in [9.17, 15) is 14.4 Å². The number of hydrogen-bond donors (Lipinski definition) is 2. The fourth-order valence-electron chi connectivity index (χ4n) is 4.08. The van der Waals surface area contributed by atoms with Crippen molar-refractivity contribution in [3.63, 3.8) is 0 Å². The second-order valence-corrected chi connectivity index (χ2v) is 8.92. The fraction of sp³-hybridized carbons (Fsp3) is 0.320. The summed E-state index contributed by atoms with van der Waals surface area (Å²) in [5, 5.41) is 5.82. The van der Waals surface area contributed by atoms with E-state index in [1.165, 1.54) is 0 Å². The van der Waals surface area contributed by atoms with Crippen molar-refractivity contribution in [1.29, 1.82) is 0 Å². The van der Waals surface area contributed by atoms with Crippen molar-refractivity contribution in [2.24, 2.45) is 0 Å². The first-order chi connectivity index (χ1) is 15.3. The minimum Gasteiger partial charge on any atom is -0.350 e. The molecule has 166 valence electrons. The van der Waals surface area contributed by atoms with Crippen molar-refractivity contribution in [1.82, 2.24) is 5.32 Å². The van der Waals surface area contributed by atoms with E-state index in [0.29, 0.717) is 22.9 Å². The summed E-state index contributed by atoms with van der Waals surface area (Å²) in [5.74, 6) is -0.919. The van der Waals surface area contributed by atoms with Crippen molar-refractivity contribution in [3.05, 3.63) is 70.4 Å². The van der Waals surface area contributed by atoms with Gasteiger partial charge < -0.3 is 10.6 Å². The Morgan fingerprint density at radius 1 is 1.03 bits per heavy atom. The number of carbonyl (C=O) groups is 3. The Bertz CT molecular complexity index is 1090. The Labute approximate surface area is 192 Å². The van der Waals surface area contributed by atoms with Crippen molar-refractivity contribution in [2.45, 2.75) is 51.5 Å². The minimum atomic E-state index is -0.577. The number of imide groups is 1. The smallest absolute Gasteiger partial charge is 0.283 e. The van der Waals surface area contributed by atoms with Gasteiger partial charge in [0.1, 0.15) is 10.7 Å². The van der Waals surface area contributed by atoms with Gasteiger partial charge in [-0.25, -0.2) is 4.90 Å². The maximum absolute atomic E-state index is 13.0. The molecule has 2 aromatic rings. The number of anilines is 2. The van der Waals surface area contributed by atoms with Gasteiger partial charge in [0.05, 0.1) is 5.69 Å². The molecule has 0 aromatic heterocycles. The molecule has 1 heterocycles. The SMILES string of the molecule is CC(C)c1ccc(N2C(=O)C(Cl)=C(Nc3cccc(C(=O)NC4CCCC4)c3)C2=O)cc1. The third-order valence-corrected chi connectivity index (χ3v) is 6.28. The van der Waals surface area contributed by atoms with Crippen molar-refractivity contribution in [2.75, 3.05) is 10.2 Å². The Kier molecular flexibility index (Phi) is 6.33. The first-order valence-electron chi connectivity index (χ1n) is 10.9. The van der Waals surface area contributed by atoms with Crippen LogP contribution in [0.5, 0.6) is 0 Å². The molecule has 0 unspecified atom stereocenters. The second kappa shape index (κ2) is 9.17. The fourth-order valence-corrected chi connectivity index (χ4v) is 4.29. The van der Waals surface area contributed by atoms with Gasteiger partial charge in [0.2, 0.25) is 0 Å². The first-order valence-corrected chi connectivity index (χ1v) is 11.3. The molecule has 0 saturated heterocycles. The quantitative estimate of drug-likeness (QED) is 0.611. The monoisotopic (exact) mass is 451 g/mol. The van der Waals surface area contributed by atoms with Crippen LogP contribution in [-0.2, 0) is 9.59 Å². The number of nitrogens with one attached hydrogen (secondary N) is 2. The molecule has 0 spiro atoms. The van der Waals surface area contributed by atoms with Crippen LogP contribution in [0.1, 0.15) is 61.4 Å². The molecular formula is C25H26ClN3O3. The highest BCUT2D eigenvalue weighted by molar-refractivity contribution is 6.53. The van der Waals surface area contributed by atoms with E-state index in [1.54, 1.807) is 36.4 Å². The highest BCUT2D eigenvalue weighted by Crippen LogP contribution is 2.31. The van der Waals surface area contributed by atoms with Crippen LogP contribution in [0.3, 0.4) is 0 Å². The Balaban J connectivity index is 1.51. The number of carbonyl (C=O) groups excluding carboxylic acids is 3. The summed E-state index contributed by atoms with van der Waals surface area (Å²) in [6, 6.07) is 14.3. The molecule has 7 heteroatoms. The van der Waals surface area contributed by atoms with Gasteiger partial charge in [-0.05, 0) is 54.7 Å². The lowest BCUT2D eigenvalue weighted by molar-refractivity contribution is -0.120. The van der Waals surface area contributed by atoms with Gasteiger partial charge in [0.15, 0.2) is 0 Å². The van der Waals surface area contributed by atoms with Crippen LogP contribution in [0.25, 0.3) is 0 Å². The summed E-state index contributed by atoms with van der Waals surface area (Å²) in [6.07, 6.45) is 4.26. The van der Waals surface area contributed by atoms with E-state index < -0.39 is 11.8 Å². The molecule has 0 radical (unpaired) electrons. The van der Waals surface area contributed by atoms with Crippen LogP contribution >= 0.6 is 11.6 Å². The lowest BCUT2D eigenvalue weighted by atomic mass is 10.0. The van der Waals surface area contributed by atoms with E-state index in [4.69, 9.17) is 11.6 Å². The van der Waals surface area contributed by atoms with E-state index in [-0.39, 0.29) is 22.7 Å². The summed E-state index contributed by atoms with van der Waals surface area (Å²) < 4.78 is 0. The molecule has 2 aromatic carbocycles. The molecule has 1 aliphatic carbocycles. The van der Waals surface area contributed by atoms with Crippen LogP contribution in [0.15, 0.2) is 59.3 Å². The van der Waals surface area contributed by atoms with Gasteiger partial charge in [-0.15, -0.1) is 0 Å². The van der Waals surface area contributed by atoms with Gasteiger partial charge in [-0.1, -0.05) is 56.5 Å². The average molecular weight is 452 g/mol. The van der Waals surface area contributed by atoms with E-state index in [2.05, 4.69) is 24.5 Å². The molecule has 1 fully saturated rings. The normalized spacial score (nSPS) is 16.9. The average Bonchev–Trinajstić information content (AvgIpc) is 3.37. The zero-order valence-electron chi connectivity index (χ0n) is 18.2. The number of amides is 3. The third kappa shape index (κ3) is 4.41. The summed E-state index contributed by atoms with van der Waals surface area (Å²) in [5.41, 5.74) is 2.56. The molecule has 6 nitrogen and oxygen atoms in total. The number of hydrogen-bond acceptors (Lipinski definition) is 4. The van der Waals surface area contributed by atoms with Gasteiger partial charge in [-0.2, -0.15) is 0 Å². The number of nitrogens with zero attached hydrogens (tertiary/aromatic N) is 1. The molecule has 2 aliphatic rings. The molecule has 1 aliphatic heterocycles. The Morgan fingerprint density at radius 2 is 1.72 bits per heavy atom. The maximum atomic E-state index is 13.0. The molecule has 0 atom stereocenters. The van der Waals surface area contributed by atoms with Crippen LogP contribution in [0.4, 0.5) is 11.4 Å². The summed E-state index contributed by atoms with van der Waals surface area (Å²) in [4.78, 5) is 39.4. The molecule has 2 N–H and O–H groups in total. The molecule has 1 saturated carbocycles. The number of benzene rings is 2. The van der Waals surface area contributed by atoms with Gasteiger partial charge in [0.25, 0.3) is 17.7 Å². The molecule has 4 rings (SSSR count). The number of rotatable bonds is 6. The standard InChI is InChI=1S/C25H26ClN3O3/c1-15(2)16-10-12-20(13-11-16)29-24(31)21(26)22(25(29)32)27-19-9-5-6-17(14-19)23(30)28-18-7-3-4-8-18/h5-6,9-15,18,27H,3-4,7-8H2,1-2H3,(H,28,30). The summed E-state index contributed by atoms with van der Waals surface area (Å²) in [7, 11) is 0. The topological polar surface area (TPSA) is 78.5 Å². The summed E-state index contributed by atoms with van der Waals surface area (Å²) in [6.45, 7) is 4.15. The zero-order valence-corrected chi connectivity index (χ0v) is 18.9. The molecular weight excluding hydrogens is 426 g/mol. The van der Waals surface area contributed by atoms with Crippen LogP contribution in [0.2, 0.25) is 0 Å². The maximum Gasteiger partial charge on any atom is 0.283 e. The minimum absolute atomic E-state index is 0.00189. The van der Waals surface area contributed by atoms with Crippen LogP contribution in [0, 0.1) is 0 Å². The van der Waals surface area contributed by atoms with Crippen molar-refractivity contribution < 1.29 is 14.4 Å². The van der Waals surface area contributed by atoms with Gasteiger partial charge >= 0.3 is 0 Å². The Morgan fingerprint density at radius 3 is 2.38 bits per heavy atom. The Hall–Kier alpha value is -3.12. The highest BCUT2D eigenvalue weighted by Gasteiger charge is 2.39.